The molecule has 2 aromatic carbocycles. The highest BCUT2D eigenvalue weighted by atomic mass is 19.4. The summed E-state index contributed by atoms with van der Waals surface area (Å²) in [5.41, 5.74) is -1.28. The van der Waals surface area contributed by atoms with Crippen LogP contribution in [0.5, 0.6) is 5.75 Å². The largest absolute Gasteiger partial charge is 0.507 e. The fraction of sp³-hybridized carbons (Fsp3) is 0.231. The van der Waals surface area contributed by atoms with Gasteiger partial charge in [-0.05, 0) is 29.8 Å². The van der Waals surface area contributed by atoms with Crippen LogP contribution < -0.4 is 10.3 Å². The van der Waals surface area contributed by atoms with Crippen LogP contribution in [-0.4, -0.2) is 41.2 Å². The standard InChI is InChI=1S/C26H22F3N3O3/c27-26(28,29)25-22(17-6-2-1-3-7-17)23(34)18-9-10-20(33)19(24(18)35-25)16-31-12-14-32(15-13-31)21-8-4-5-11-30-21/h1-11,33H,12-16H2. The molecule has 1 N–H and O–H groups in total. The molecule has 1 aliphatic heterocycles. The number of alkyl halides is 3. The van der Waals surface area contributed by atoms with Crippen molar-refractivity contribution in [3.63, 3.8) is 0 Å². The van der Waals surface area contributed by atoms with Gasteiger partial charge >= 0.3 is 6.18 Å². The lowest BCUT2D eigenvalue weighted by Gasteiger charge is -2.35. The average molecular weight is 481 g/mol. The topological polar surface area (TPSA) is 69.8 Å². The number of phenolic OH excluding ortho intramolecular Hbond substituents is 1. The number of hydrogen-bond donors (Lipinski definition) is 1. The number of fused-ring (bicyclic) bond motifs is 1. The second-order valence-corrected chi connectivity index (χ2v) is 8.39. The molecule has 6 nitrogen and oxygen atoms in total. The Bertz CT molecular complexity index is 1400. The van der Waals surface area contributed by atoms with Crippen molar-refractivity contribution in [1.82, 2.24) is 9.88 Å². The van der Waals surface area contributed by atoms with Crippen LogP contribution in [0.25, 0.3) is 22.1 Å². The molecule has 5 rings (SSSR count). The number of anilines is 1. The molecule has 180 valence electrons. The molecule has 35 heavy (non-hydrogen) atoms. The smallest absolute Gasteiger partial charge is 0.450 e. The third-order valence-corrected chi connectivity index (χ3v) is 6.19. The van der Waals surface area contributed by atoms with Crippen molar-refractivity contribution in [3.8, 4) is 16.9 Å². The summed E-state index contributed by atoms with van der Waals surface area (Å²) in [5.74, 6) is -0.726. The highest BCUT2D eigenvalue weighted by Gasteiger charge is 2.40. The summed E-state index contributed by atoms with van der Waals surface area (Å²) in [5, 5.41) is 10.5. The average Bonchev–Trinajstić information content (AvgIpc) is 2.86. The van der Waals surface area contributed by atoms with Crippen molar-refractivity contribution < 1.29 is 22.7 Å². The lowest BCUT2D eigenvalue weighted by Crippen LogP contribution is -2.46. The molecule has 0 spiro atoms. The van der Waals surface area contributed by atoms with Gasteiger partial charge in [0.25, 0.3) is 0 Å². The lowest BCUT2D eigenvalue weighted by atomic mass is 10.00. The Balaban J connectivity index is 1.53. The van der Waals surface area contributed by atoms with Gasteiger partial charge in [-0.1, -0.05) is 36.4 Å². The van der Waals surface area contributed by atoms with Crippen LogP contribution in [0.15, 0.2) is 76.1 Å². The Morgan fingerprint density at radius 3 is 2.31 bits per heavy atom. The van der Waals surface area contributed by atoms with E-state index < -0.39 is 22.9 Å². The molecule has 1 fully saturated rings. The maximum absolute atomic E-state index is 14.0. The molecule has 4 aromatic rings. The van der Waals surface area contributed by atoms with E-state index in [0.717, 1.165) is 5.82 Å². The number of benzene rings is 2. The van der Waals surface area contributed by atoms with E-state index in [1.165, 1.54) is 24.3 Å². The SMILES string of the molecule is O=c1c(-c2ccccc2)c(C(F)(F)F)oc2c(CN3CCN(c4ccccn4)CC3)c(O)ccc12. The minimum Gasteiger partial charge on any atom is -0.507 e. The maximum atomic E-state index is 14.0. The molecule has 0 amide bonds. The predicted molar refractivity (Wildman–Crippen MR) is 126 cm³/mol. The van der Waals surface area contributed by atoms with Crippen LogP contribution in [0.4, 0.5) is 19.0 Å². The summed E-state index contributed by atoms with van der Waals surface area (Å²) < 4.78 is 47.5. The summed E-state index contributed by atoms with van der Waals surface area (Å²) in [4.78, 5) is 21.8. The summed E-state index contributed by atoms with van der Waals surface area (Å²) in [6, 6.07) is 16.0. The van der Waals surface area contributed by atoms with Crippen molar-refractivity contribution in [2.75, 3.05) is 31.1 Å². The zero-order chi connectivity index (χ0) is 24.6. The number of hydrogen-bond acceptors (Lipinski definition) is 6. The Morgan fingerprint density at radius 1 is 0.943 bits per heavy atom. The van der Waals surface area contributed by atoms with Gasteiger partial charge in [0.15, 0.2) is 0 Å². The number of aromatic nitrogens is 1. The summed E-state index contributed by atoms with van der Waals surface area (Å²) >= 11 is 0. The molecular weight excluding hydrogens is 459 g/mol. The van der Waals surface area contributed by atoms with E-state index in [2.05, 4.69) is 9.88 Å². The first-order valence-corrected chi connectivity index (χ1v) is 11.2. The fourth-order valence-corrected chi connectivity index (χ4v) is 4.42. The molecule has 0 radical (unpaired) electrons. The Hall–Kier alpha value is -3.85. The second kappa shape index (κ2) is 9.07. The van der Waals surface area contributed by atoms with E-state index in [9.17, 15) is 23.1 Å². The van der Waals surface area contributed by atoms with Gasteiger partial charge in [0, 0.05) is 38.9 Å². The van der Waals surface area contributed by atoms with Gasteiger partial charge in [0.1, 0.15) is 17.2 Å². The minimum atomic E-state index is -4.89. The summed E-state index contributed by atoms with van der Waals surface area (Å²) in [6.07, 6.45) is -3.17. The second-order valence-electron chi connectivity index (χ2n) is 8.39. The van der Waals surface area contributed by atoms with Crippen molar-refractivity contribution in [3.05, 3.63) is 88.4 Å². The van der Waals surface area contributed by atoms with Crippen molar-refractivity contribution >= 4 is 16.8 Å². The maximum Gasteiger partial charge on any atom is 0.450 e. The normalized spacial score (nSPS) is 15.0. The highest BCUT2D eigenvalue weighted by molar-refractivity contribution is 5.86. The number of rotatable bonds is 4. The van der Waals surface area contributed by atoms with E-state index in [0.29, 0.717) is 26.2 Å². The number of aromatic hydroxyl groups is 1. The van der Waals surface area contributed by atoms with E-state index in [1.807, 2.05) is 23.1 Å². The number of piperazine rings is 1. The van der Waals surface area contributed by atoms with Crippen LogP contribution in [0.2, 0.25) is 0 Å². The summed E-state index contributed by atoms with van der Waals surface area (Å²) in [6.45, 7) is 2.68. The highest BCUT2D eigenvalue weighted by Crippen LogP contribution is 2.39. The quantitative estimate of drug-likeness (QED) is 0.447. The number of phenols is 1. The molecule has 0 aliphatic carbocycles. The molecule has 1 aliphatic rings. The molecule has 0 bridgehead atoms. The van der Waals surface area contributed by atoms with Gasteiger partial charge in [0.05, 0.1) is 16.5 Å². The third kappa shape index (κ3) is 4.46. The first-order chi connectivity index (χ1) is 16.8. The molecule has 2 aromatic heterocycles. The van der Waals surface area contributed by atoms with E-state index in [-0.39, 0.29) is 34.4 Å². The number of nitrogens with zero attached hydrogens (tertiary/aromatic N) is 3. The lowest BCUT2D eigenvalue weighted by molar-refractivity contribution is -0.152. The fourth-order valence-electron chi connectivity index (χ4n) is 4.42. The Labute approximate surface area is 198 Å². The third-order valence-electron chi connectivity index (χ3n) is 6.19. The molecule has 0 unspecified atom stereocenters. The number of halogens is 3. The molecule has 0 saturated carbocycles. The van der Waals surface area contributed by atoms with Crippen molar-refractivity contribution in [2.45, 2.75) is 12.7 Å². The van der Waals surface area contributed by atoms with Crippen LogP contribution in [0.1, 0.15) is 11.3 Å². The van der Waals surface area contributed by atoms with E-state index in [1.54, 1.807) is 24.4 Å². The van der Waals surface area contributed by atoms with Crippen LogP contribution >= 0.6 is 0 Å². The number of pyridine rings is 1. The zero-order valence-corrected chi connectivity index (χ0v) is 18.6. The van der Waals surface area contributed by atoms with Crippen LogP contribution in [0, 0.1) is 0 Å². The Kier molecular flexibility index (Phi) is 5.94. The van der Waals surface area contributed by atoms with Crippen LogP contribution in [0.3, 0.4) is 0 Å². The van der Waals surface area contributed by atoms with Gasteiger partial charge in [-0.15, -0.1) is 0 Å². The van der Waals surface area contributed by atoms with Gasteiger partial charge in [0.2, 0.25) is 11.2 Å². The predicted octanol–water partition coefficient (Wildman–Crippen LogP) is 4.90. The summed E-state index contributed by atoms with van der Waals surface area (Å²) in [7, 11) is 0. The molecular formula is C26H22F3N3O3. The monoisotopic (exact) mass is 481 g/mol. The van der Waals surface area contributed by atoms with Crippen molar-refractivity contribution in [2.24, 2.45) is 0 Å². The van der Waals surface area contributed by atoms with Gasteiger partial charge in [-0.2, -0.15) is 13.2 Å². The first kappa shape index (κ1) is 22.9. The molecule has 9 heteroatoms. The van der Waals surface area contributed by atoms with Crippen molar-refractivity contribution in [1.29, 1.82) is 0 Å². The van der Waals surface area contributed by atoms with Gasteiger partial charge in [-0.25, -0.2) is 4.98 Å². The molecule has 1 saturated heterocycles. The van der Waals surface area contributed by atoms with Crippen LogP contribution in [-0.2, 0) is 12.7 Å². The van der Waals surface area contributed by atoms with E-state index >= 15 is 0 Å². The van der Waals surface area contributed by atoms with E-state index in [4.69, 9.17) is 4.42 Å². The minimum absolute atomic E-state index is 0.00299. The first-order valence-electron chi connectivity index (χ1n) is 11.2. The Morgan fingerprint density at radius 2 is 1.66 bits per heavy atom. The molecule has 3 heterocycles. The molecule has 0 atom stereocenters. The van der Waals surface area contributed by atoms with Gasteiger partial charge < -0.3 is 14.4 Å². The van der Waals surface area contributed by atoms with Gasteiger partial charge in [-0.3, -0.25) is 9.69 Å². The zero-order valence-electron chi connectivity index (χ0n) is 18.6.